The SMILES string of the molecule is CCOC(=O)[C@]1(COC(=O)Cc2ccc(NC(=O)c3cccc(OC)c3-c3ccccc3)c(C(=O)N(C)C)c2)c2ccccc2C(=O)N1C. The monoisotopic (exact) mass is 663 g/mol. The van der Waals surface area contributed by atoms with Crippen molar-refractivity contribution in [3.63, 3.8) is 0 Å². The van der Waals surface area contributed by atoms with Gasteiger partial charge in [-0.15, -0.1) is 0 Å². The molecule has 1 N–H and O–H groups in total. The first kappa shape index (κ1) is 34.4. The van der Waals surface area contributed by atoms with Gasteiger partial charge in [0, 0.05) is 37.8 Å². The number of nitrogens with zero attached hydrogens (tertiary/aromatic N) is 2. The third-order valence-electron chi connectivity index (χ3n) is 8.41. The average Bonchev–Trinajstić information content (AvgIpc) is 3.33. The predicted octanol–water partition coefficient (Wildman–Crippen LogP) is 4.95. The van der Waals surface area contributed by atoms with Crippen LogP contribution < -0.4 is 10.1 Å². The van der Waals surface area contributed by atoms with Crippen LogP contribution in [0.1, 0.15) is 49.1 Å². The number of amides is 3. The molecule has 252 valence electrons. The molecular weight excluding hydrogens is 626 g/mol. The van der Waals surface area contributed by atoms with E-state index in [9.17, 15) is 24.0 Å². The number of esters is 2. The molecule has 11 nitrogen and oxygen atoms in total. The summed E-state index contributed by atoms with van der Waals surface area (Å²) in [6.45, 7) is 1.25. The van der Waals surface area contributed by atoms with Gasteiger partial charge in [-0.1, -0.05) is 60.7 Å². The van der Waals surface area contributed by atoms with Crippen molar-refractivity contribution < 1.29 is 38.2 Å². The maximum absolute atomic E-state index is 13.7. The van der Waals surface area contributed by atoms with E-state index >= 15 is 0 Å². The molecular formula is C38H37N3O8. The van der Waals surface area contributed by atoms with Crippen LogP contribution in [0.5, 0.6) is 5.75 Å². The van der Waals surface area contributed by atoms with Crippen molar-refractivity contribution in [3.05, 3.63) is 119 Å². The van der Waals surface area contributed by atoms with Gasteiger partial charge in [-0.2, -0.15) is 0 Å². The molecule has 1 heterocycles. The molecule has 0 saturated heterocycles. The van der Waals surface area contributed by atoms with Crippen LogP contribution in [0.3, 0.4) is 0 Å². The largest absolute Gasteiger partial charge is 0.496 e. The van der Waals surface area contributed by atoms with Crippen LogP contribution in [0, 0.1) is 0 Å². The number of carbonyl (C=O) groups is 5. The third kappa shape index (κ3) is 6.60. The standard InChI is InChI=1S/C38H37N3O8/c1-6-48-37(46)38(29-17-11-10-15-26(29)36(45)41(38)4)23-49-32(42)22-24-19-20-30(28(21-24)35(44)40(2)3)39-34(43)27-16-12-18-31(47-5)33(27)25-13-8-7-9-14-25/h7-21H,6,22-23H2,1-5H3,(H,39,43)/t38-/m0/s1. The summed E-state index contributed by atoms with van der Waals surface area (Å²) >= 11 is 0. The Morgan fingerprint density at radius 3 is 2.27 bits per heavy atom. The fourth-order valence-corrected chi connectivity index (χ4v) is 5.91. The normalized spacial score (nSPS) is 14.9. The minimum absolute atomic E-state index is 0.0652. The first-order valence-electron chi connectivity index (χ1n) is 15.6. The lowest BCUT2D eigenvalue weighted by Gasteiger charge is -2.33. The Morgan fingerprint density at radius 2 is 1.57 bits per heavy atom. The molecule has 11 heteroatoms. The highest BCUT2D eigenvalue weighted by Gasteiger charge is 2.55. The van der Waals surface area contributed by atoms with E-state index in [1.54, 1.807) is 75.6 Å². The lowest BCUT2D eigenvalue weighted by Crippen LogP contribution is -2.52. The Balaban J connectivity index is 1.40. The van der Waals surface area contributed by atoms with Crippen LogP contribution >= 0.6 is 0 Å². The van der Waals surface area contributed by atoms with E-state index in [1.807, 2.05) is 30.3 Å². The first-order valence-corrected chi connectivity index (χ1v) is 15.6. The van der Waals surface area contributed by atoms with Crippen molar-refractivity contribution in [2.75, 3.05) is 46.8 Å². The fraction of sp³-hybridized carbons (Fsp3) is 0.237. The lowest BCUT2D eigenvalue weighted by atomic mass is 9.90. The van der Waals surface area contributed by atoms with E-state index in [0.717, 1.165) is 5.56 Å². The Kier molecular flexibility index (Phi) is 10.1. The maximum Gasteiger partial charge on any atom is 0.340 e. The molecule has 5 rings (SSSR count). The summed E-state index contributed by atoms with van der Waals surface area (Å²) in [6.07, 6.45) is -0.256. The second-order valence-electron chi connectivity index (χ2n) is 11.6. The number of carbonyl (C=O) groups excluding carboxylic acids is 5. The Hall–Kier alpha value is -5.97. The van der Waals surface area contributed by atoms with Crippen molar-refractivity contribution in [2.24, 2.45) is 0 Å². The molecule has 1 aliphatic rings. The van der Waals surface area contributed by atoms with Crippen LogP contribution in [-0.4, -0.2) is 80.9 Å². The van der Waals surface area contributed by atoms with E-state index in [-0.39, 0.29) is 24.3 Å². The number of rotatable bonds is 11. The zero-order chi connectivity index (χ0) is 35.3. The molecule has 3 amide bonds. The van der Waals surface area contributed by atoms with Gasteiger partial charge >= 0.3 is 11.9 Å². The van der Waals surface area contributed by atoms with Crippen LogP contribution in [0.2, 0.25) is 0 Å². The Labute approximate surface area is 284 Å². The summed E-state index contributed by atoms with van der Waals surface area (Å²) in [5.41, 5.74) is 1.61. The number of nitrogens with one attached hydrogen (secondary N) is 1. The summed E-state index contributed by atoms with van der Waals surface area (Å²) in [4.78, 5) is 69.2. The van der Waals surface area contributed by atoms with Crippen LogP contribution in [-0.2, 0) is 31.0 Å². The maximum atomic E-state index is 13.7. The number of hydrogen-bond acceptors (Lipinski definition) is 8. The van der Waals surface area contributed by atoms with Crippen molar-refractivity contribution in [2.45, 2.75) is 18.9 Å². The number of benzene rings is 4. The molecule has 0 radical (unpaired) electrons. The van der Waals surface area contributed by atoms with Crippen molar-refractivity contribution in [1.82, 2.24) is 9.80 Å². The quantitative estimate of drug-likeness (QED) is 0.223. The molecule has 1 aliphatic heterocycles. The van der Waals surface area contributed by atoms with Crippen LogP contribution in [0.15, 0.2) is 91.0 Å². The van der Waals surface area contributed by atoms with Gasteiger partial charge in [-0.3, -0.25) is 19.2 Å². The van der Waals surface area contributed by atoms with Gasteiger partial charge in [0.2, 0.25) is 5.54 Å². The van der Waals surface area contributed by atoms with Crippen LogP contribution in [0.25, 0.3) is 11.1 Å². The fourth-order valence-electron chi connectivity index (χ4n) is 5.91. The first-order chi connectivity index (χ1) is 23.5. The third-order valence-corrected chi connectivity index (χ3v) is 8.41. The molecule has 1 atom stereocenters. The molecule has 0 aliphatic carbocycles. The van der Waals surface area contributed by atoms with E-state index in [1.165, 1.54) is 30.0 Å². The zero-order valence-electron chi connectivity index (χ0n) is 27.9. The average molecular weight is 664 g/mol. The smallest absolute Gasteiger partial charge is 0.340 e. The van der Waals surface area contributed by atoms with Gasteiger partial charge in [0.15, 0.2) is 0 Å². The number of methoxy groups -OCH3 is 1. The van der Waals surface area contributed by atoms with Crippen molar-refractivity contribution in [3.8, 4) is 16.9 Å². The molecule has 4 aromatic carbocycles. The van der Waals surface area contributed by atoms with E-state index in [0.29, 0.717) is 33.6 Å². The molecule has 0 saturated carbocycles. The lowest BCUT2D eigenvalue weighted by molar-refractivity contribution is -0.163. The Morgan fingerprint density at radius 1 is 0.857 bits per heavy atom. The second kappa shape index (κ2) is 14.4. The molecule has 0 unspecified atom stereocenters. The number of ether oxygens (including phenoxy) is 3. The van der Waals surface area contributed by atoms with E-state index in [2.05, 4.69) is 5.32 Å². The highest BCUT2D eigenvalue weighted by molar-refractivity contribution is 6.12. The molecule has 0 aromatic heterocycles. The highest BCUT2D eigenvalue weighted by atomic mass is 16.6. The van der Waals surface area contributed by atoms with Crippen molar-refractivity contribution >= 4 is 35.3 Å². The number of likely N-dealkylation sites (N-methyl/N-ethyl adjacent to an activating group) is 1. The minimum atomic E-state index is -1.65. The molecule has 49 heavy (non-hydrogen) atoms. The van der Waals surface area contributed by atoms with E-state index < -0.39 is 41.8 Å². The summed E-state index contributed by atoms with van der Waals surface area (Å²) in [5.74, 6) is -2.15. The minimum Gasteiger partial charge on any atom is -0.496 e. The van der Waals surface area contributed by atoms with Crippen LogP contribution in [0.4, 0.5) is 5.69 Å². The molecule has 0 spiro atoms. The summed E-state index contributed by atoms with van der Waals surface area (Å²) in [5, 5.41) is 2.87. The summed E-state index contributed by atoms with van der Waals surface area (Å²) in [7, 11) is 6.16. The van der Waals surface area contributed by atoms with Gasteiger partial charge in [0.25, 0.3) is 17.7 Å². The van der Waals surface area contributed by atoms with Crippen molar-refractivity contribution in [1.29, 1.82) is 0 Å². The second-order valence-corrected chi connectivity index (χ2v) is 11.6. The summed E-state index contributed by atoms with van der Waals surface area (Å²) < 4.78 is 16.5. The molecule has 0 fully saturated rings. The van der Waals surface area contributed by atoms with Gasteiger partial charge in [-0.25, -0.2) is 4.79 Å². The zero-order valence-corrected chi connectivity index (χ0v) is 27.9. The van der Waals surface area contributed by atoms with Gasteiger partial charge in [-0.05, 0) is 48.4 Å². The number of anilines is 1. The van der Waals surface area contributed by atoms with Gasteiger partial charge < -0.3 is 29.3 Å². The molecule has 0 bridgehead atoms. The number of hydrogen-bond donors (Lipinski definition) is 1. The molecule has 4 aromatic rings. The number of fused-ring (bicyclic) bond motifs is 1. The van der Waals surface area contributed by atoms with Gasteiger partial charge in [0.1, 0.15) is 12.4 Å². The topological polar surface area (TPSA) is 132 Å². The highest BCUT2D eigenvalue weighted by Crippen LogP contribution is 2.40. The predicted molar refractivity (Wildman–Crippen MR) is 182 cm³/mol. The van der Waals surface area contributed by atoms with E-state index in [4.69, 9.17) is 14.2 Å². The van der Waals surface area contributed by atoms with Gasteiger partial charge in [0.05, 0.1) is 37.0 Å². The Bertz CT molecular complexity index is 1920. The summed E-state index contributed by atoms with van der Waals surface area (Å²) in [6, 6.07) is 25.8.